The molecule has 3 aliphatic rings. The maximum Gasteiger partial charge on any atom is 0.289 e. The third kappa shape index (κ3) is 6.19. The number of pyridine rings is 1. The lowest BCUT2D eigenvalue weighted by molar-refractivity contribution is -0.145. The molecule has 3 fully saturated rings. The standard InChI is InChI=1S/C23H28F3N5O5/c1-10-4-11(19(33)28-10)5-16(17(32)22(36)29-14-2-3-14)30-21(35)15-6-13(24)9-27-18(15)31-20(34)12-7-23(25,26)8-12/h6,9-12,14,16,19,28,33H,2-5,7-8H2,1H3,(H,29,36)(H,30,35)(H,27,31,34)/t10-,11+,16+,19?/m1/s1. The van der Waals surface area contributed by atoms with Gasteiger partial charge in [0.15, 0.2) is 0 Å². The Morgan fingerprint density at radius 2 is 1.94 bits per heavy atom. The molecule has 4 rings (SSSR count). The van der Waals surface area contributed by atoms with Gasteiger partial charge >= 0.3 is 0 Å². The number of alkyl halides is 2. The lowest BCUT2D eigenvalue weighted by Crippen LogP contribution is -2.49. The number of carbonyl (C=O) groups is 4. The van der Waals surface area contributed by atoms with Gasteiger partial charge in [-0.2, -0.15) is 0 Å². The summed E-state index contributed by atoms with van der Waals surface area (Å²) in [6, 6.07) is -0.720. The van der Waals surface area contributed by atoms with Gasteiger partial charge in [0.25, 0.3) is 11.8 Å². The third-order valence-electron chi connectivity index (χ3n) is 6.66. The summed E-state index contributed by atoms with van der Waals surface area (Å²) in [5.41, 5.74) is -0.437. The molecule has 36 heavy (non-hydrogen) atoms. The number of carbonyl (C=O) groups excluding carboxylic acids is 4. The molecule has 2 aliphatic carbocycles. The molecule has 1 saturated heterocycles. The van der Waals surface area contributed by atoms with E-state index in [1.54, 1.807) is 0 Å². The Labute approximate surface area is 204 Å². The van der Waals surface area contributed by atoms with Crippen molar-refractivity contribution in [2.45, 2.75) is 75.7 Å². The first-order valence-corrected chi connectivity index (χ1v) is 11.9. The van der Waals surface area contributed by atoms with Gasteiger partial charge in [-0.05, 0) is 38.7 Å². The minimum atomic E-state index is -2.94. The summed E-state index contributed by atoms with van der Waals surface area (Å²) < 4.78 is 40.2. The highest BCUT2D eigenvalue weighted by Crippen LogP contribution is 2.42. The number of amides is 3. The molecule has 1 aromatic heterocycles. The van der Waals surface area contributed by atoms with Crippen LogP contribution in [-0.4, -0.2) is 63.9 Å². The second-order valence-corrected chi connectivity index (χ2v) is 9.88. The van der Waals surface area contributed by atoms with Crippen molar-refractivity contribution in [2.24, 2.45) is 11.8 Å². The number of hydrogen-bond acceptors (Lipinski definition) is 7. The van der Waals surface area contributed by atoms with E-state index in [0.717, 1.165) is 25.1 Å². The number of aliphatic hydroxyl groups excluding tert-OH is 1. The average Bonchev–Trinajstić information content (AvgIpc) is 3.54. The summed E-state index contributed by atoms with van der Waals surface area (Å²) in [7, 11) is 0. The normalized spacial score (nSPS) is 26.0. The van der Waals surface area contributed by atoms with Crippen LogP contribution in [0.2, 0.25) is 0 Å². The van der Waals surface area contributed by atoms with Gasteiger partial charge in [-0.25, -0.2) is 18.2 Å². The number of nitrogens with one attached hydrogen (secondary N) is 4. The minimum Gasteiger partial charge on any atom is -0.378 e. The third-order valence-corrected chi connectivity index (χ3v) is 6.66. The van der Waals surface area contributed by atoms with Crippen molar-refractivity contribution >= 4 is 29.3 Å². The fraction of sp³-hybridized carbons (Fsp3) is 0.609. The van der Waals surface area contributed by atoms with Crippen LogP contribution in [0.4, 0.5) is 19.0 Å². The highest BCUT2D eigenvalue weighted by Gasteiger charge is 2.49. The van der Waals surface area contributed by atoms with E-state index < -0.39 is 77.8 Å². The number of hydrogen-bond donors (Lipinski definition) is 5. The van der Waals surface area contributed by atoms with Gasteiger partial charge in [-0.3, -0.25) is 24.5 Å². The van der Waals surface area contributed by atoms with Crippen LogP contribution in [0.25, 0.3) is 0 Å². The van der Waals surface area contributed by atoms with Crippen molar-refractivity contribution in [1.29, 1.82) is 0 Å². The highest BCUT2D eigenvalue weighted by atomic mass is 19.3. The van der Waals surface area contributed by atoms with Crippen molar-refractivity contribution in [3.63, 3.8) is 0 Å². The maximum atomic E-state index is 14.0. The average molecular weight is 512 g/mol. The molecule has 0 bridgehead atoms. The van der Waals surface area contributed by atoms with Crippen LogP contribution in [0.1, 0.15) is 55.8 Å². The Hall–Kier alpha value is -3.06. The van der Waals surface area contributed by atoms with Gasteiger partial charge in [-0.1, -0.05) is 0 Å². The molecular weight excluding hydrogens is 483 g/mol. The van der Waals surface area contributed by atoms with E-state index in [9.17, 15) is 37.5 Å². The molecule has 1 aromatic rings. The van der Waals surface area contributed by atoms with Crippen molar-refractivity contribution in [3.8, 4) is 0 Å². The van der Waals surface area contributed by atoms with Gasteiger partial charge in [0.1, 0.15) is 17.9 Å². The topological polar surface area (TPSA) is 150 Å². The molecule has 196 valence electrons. The fourth-order valence-corrected chi connectivity index (χ4v) is 4.49. The van der Waals surface area contributed by atoms with E-state index in [0.29, 0.717) is 6.42 Å². The number of nitrogens with zero attached hydrogens (tertiary/aromatic N) is 1. The molecule has 3 amide bonds. The van der Waals surface area contributed by atoms with Gasteiger partial charge in [0, 0.05) is 36.8 Å². The van der Waals surface area contributed by atoms with Crippen molar-refractivity contribution in [1.82, 2.24) is 20.9 Å². The number of Topliss-reactive ketones (excluding diaryl/α,β-unsaturated/α-hetero) is 1. The minimum absolute atomic E-state index is 0.0511. The highest BCUT2D eigenvalue weighted by molar-refractivity contribution is 6.38. The molecule has 0 radical (unpaired) electrons. The second-order valence-electron chi connectivity index (χ2n) is 9.88. The van der Waals surface area contributed by atoms with Crippen LogP contribution in [0.5, 0.6) is 0 Å². The fourth-order valence-electron chi connectivity index (χ4n) is 4.49. The Morgan fingerprint density at radius 1 is 1.25 bits per heavy atom. The van der Waals surface area contributed by atoms with E-state index in [4.69, 9.17) is 0 Å². The predicted molar refractivity (Wildman–Crippen MR) is 119 cm³/mol. The number of anilines is 1. The van der Waals surface area contributed by atoms with E-state index >= 15 is 0 Å². The molecule has 13 heteroatoms. The Morgan fingerprint density at radius 3 is 2.53 bits per heavy atom. The lowest BCUT2D eigenvalue weighted by Gasteiger charge is -2.33. The summed E-state index contributed by atoms with van der Waals surface area (Å²) in [6.45, 7) is 1.84. The Bertz CT molecular complexity index is 1060. The number of ketones is 1. The summed E-state index contributed by atoms with van der Waals surface area (Å²) in [5.74, 6) is -9.24. The van der Waals surface area contributed by atoms with Crippen LogP contribution in [0, 0.1) is 17.7 Å². The van der Waals surface area contributed by atoms with Crippen LogP contribution < -0.4 is 21.3 Å². The first-order chi connectivity index (χ1) is 16.9. The zero-order chi connectivity index (χ0) is 26.2. The van der Waals surface area contributed by atoms with Crippen molar-refractivity contribution < 1.29 is 37.5 Å². The summed E-state index contributed by atoms with van der Waals surface area (Å²) in [5, 5.41) is 20.4. The molecule has 0 spiro atoms. The van der Waals surface area contributed by atoms with Crippen LogP contribution in [0.3, 0.4) is 0 Å². The predicted octanol–water partition coefficient (Wildman–Crippen LogP) is 0.857. The summed E-state index contributed by atoms with van der Waals surface area (Å²) in [4.78, 5) is 54.5. The Kier molecular flexibility index (Phi) is 7.32. The second kappa shape index (κ2) is 10.1. The lowest BCUT2D eigenvalue weighted by atomic mass is 9.81. The van der Waals surface area contributed by atoms with Crippen LogP contribution >= 0.6 is 0 Å². The molecule has 1 unspecified atom stereocenters. The molecule has 10 nitrogen and oxygen atoms in total. The van der Waals surface area contributed by atoms with Gasteiger partial charge < -0.3 is 21.1 Å². The Balaban J connectivity index is 1.50. The van der Waals surface area contributed by atoms with Crippen LogP contribution in [-0.2, 0) is 14.4 Å². The smallest absolute Gasteiger partial charge is 0.289 e. The van der Waals surface area contributed by atoms with E-state index in [1.165, 1.54) is 0 Å². The molecule has 0 aromatic carbocycles. The molecule has 2 heterocycles. The number of rotatable bonds is 9. The molecule has 2 saturated carbocycles. The van der Waals surface area contributed by atoms with Gasteiger partial charge in [0.2, 0.25) is 17.6 Å². The largest absolute Gasteiger partial charge is 0.378 e. The monoisotopic (exact) mass is 511 g/mol. The maximum absolute atomic E-state index is 14.0. The van der Waals surface area contributed by atoms with Gasteiger partial charge in [0.05, 0.1) is 17.8 Å². The zero-order valence-electron chi connectivity index (χ0n) is 19.5. The molecule has 5 N–H and O–H groups in total. The van der Waals surface area contributed by atoms with Crippen LogP contribution in [0.15, 0.2) is 12.3 Å². The summed E-state index contributed by atoms with van der Waals surface area (Å²) >= 11 is 0. The number of aromatic nitrogens is 1. The quantitative estimate of drug-likeness (QED) is 0.309. The van der Waals surface area contributed by atoms with Gasteiger partial charge in [-0.15, -0.1) is 0 Å². The summed E-state index contributed by atoms with van der Waals surface area (Å²) in [6.07, 6.45) is 0.394. The van der Waals surface area contributed by atoms with E-state index in [-0.39, 0.29) is 24.3 Å². The SMILES string of the molecule is C[C@@H]1C[C@@H](C[C@H](NC(=O)c2cc(F)cnc2NC(=O)C2CC(F)(F)C2)C(=O)C(=O)NC2CC2)C(O)N1. The van der Waals surface area contributed by atoms with Crippen molar-refractivity contribution in [2.75, 3.05) is 5.32 Å². The van der Waals surface area contributed by atoms with E-state index in [1.807, 2.05) is 6.92 Å². The van der Waals surface area contributed by atoms with Crippen molar-refractivity contribution in [3.05, 3.63) is 23.6 Å². The molecule has 4 atom stereocenters. The molecule has 1 aliphatic heterocycles. The zero-order valence-corrected chi connectivity index (χ0v) is 19.5. The number of halogens is 3. The molecular formula is C23H28F3N5O5. The first kappa shape index (κ1) is 26.0. The first-order valence-electron chi connectivity index (χ1n) is 11.9. The number of aliphatic hydroxyl groups is 1. The van der Waals surface area contributed by atoms with E-state index in [2.05, 4.69) is 26.3 Å².